The summed E-state index contributed by atoms with van der Waals surface area (Å²) in [5, 5.41) is 25.1. The number of aliphatic hydroxyl groups is 1. The molecule has 6 N–H and O–H groups in total. The Labute approximate surface area is 210 Å². The molecule has 0 radical (unpaired) electrons. The molecule has 1 aliphatic rings. The number of hydrogen-bond acceptors (Lipinski definition) is 11. The third-order valence-corrected chi connectivity index (χ3v) is 7.39. The maximum atomic E-state index is 15.8. The molecule has 37 heavy (non-hydrogen) atoms. The van der Waals surface area contributed by atoms with E-state index in [1.54, 1.807) is 25.2 Å². The highest BCUT2D eigenvalue weighted by Crippen LogP contribution is 2.48. The first-order valence-electron chi connectivity index (χ1n) is 11.1. The summed E-state index contributed by atoms with van der Waals surface area (Å²) < 4.78 is 47.2. The second kappa shape index (κ2) is 10.2. The molecule has 1 aliphatic heterocycles. The number of nitrogens with one attached hydrogen (secondary N) is 2. The van der Waals surface area contributed by atoms with Gasteiger partial charge in [0.1, 0.15) is 24.0 Å². The third kappa shape index (κ3) is 5.36. The number of alkyl halides is 1. The Hall–Kier alpha value is -3.36. The van der Waals surface area contributed by atoms with Crippen LogP contribution in [0.25, 0.3) is 11.2 Å². The van der Waals surface area contributed by atoms with Crippen molar-refractivity contribution in [2.24, 2.45) is 0 Å². The Morgan fingerprint density at radius 3 is 2.73 bits per heavy atom. The van der Waals surface area contributed by atoms with E-state index in [1.807, 2.05) is 0 Å². The number of anilines is 2. The van der Waals surface area contributed by atoms with Gasteiger partial charge < -0.3 is 30.5 Å². The van der Waals surface area contributed by atoms with Crippen LogP contribution in [0.5, 0.6) is 5.75 Å². The molecule has 200 valence electrons. The molecule has 4 rings (SSSR count). The number of carboxylic acids is 1. The first kappa shape index (κ1) is 26.7. The molecular weight excluding hydrogens is 512 g/mol. The van der Waals surface area contributed by atoms with Gasteiger partial charge in [0.15, 0.2) is 28.9 Å². The fourth-order valence-electron chi connectivity index (χ4n) is 3.80. The Balaban J connectivity index is 1.58. The maximum Gasteiger partial charge on any atom is 0.459 e. The molecule has 0 saturated carbocycles. The number of hydrogen-bond donors (Lipinski definition) is 5. The van der Waals surface area contributed by atoms with Crippen LogP contribution in [0.3, 0.4) is 0 Å². The molecule has 3 aromatic rings. The number of imidazole rings is 1. The number of rotatable bonds is 10. The summed E-state index contributed by atoms with van der Waals surface area (Å²) in [6.45, 7) is 1.77. The number of fused-ring (bicyclic) bond motifs is 1. The predicted octanol–water partition coefficient (Wildman–Crippen LogP) is 1.70. The molecule has 2 aromatic heterocycles. The highest BCUT2D eigenvalue weighted by Gasteiger charge is 2.56. The number of nitrogen functional groups attached to an aromatic ring is 1. The summed E-state index contributed by atoms with van der Waals surface area (Å²) in [6.07, 6.45) is -3.20. The lowest BCUT2D eigenvalue weighted by Gasteiger charge is -2.25. The van der Waals surface area contributed by atoms with Gasteiger partial charge in [-0.3, -0.25) is 13.9 Å². The van der Waals surface area contributed by atoms with Gasteiger partial charge in [0.05, 0.1) is 12.9 Å². The van der Waals surface area contributed by atoms with Gasteiger partial charge in [0.2, 0.25) is 5.95 Å². The zero-order valence-corrected chi connectivity index (χ0v) is 21.0. The topological polar surface area (TPSA) is 196 Å². The van der Waals surface area contributed by atoms with Crippen LogP contribution >= 0.6 is 7.75 Å². The van der Waals surface area contributed by atoms with Crippen molar-refractivity contribution in [2.45, 2.75) is 44.0 Å². The molecule has 16 heteroatoms. The summed E-state index contributed by atoms with van der Waals surface area (Å²) in [5.41, 5.74) is 3.87. The van der Waals surface area contributed by atoms with Gasteiger partial charge in [-0.15, -0.1) is 0 Å². The summed E-state index contributed by atoms with van der Waals surface area (Å²) in [6, 6.07) is 6.62. The number of carboxylic acid groups (broad SMARTS) is 1. The van der Waals surface area contributed by atoms with Gasteiger partial charge in [-0.1, -0.05) is 18.2 Å². The van der Waals surface area contributed by atoms with Crippen molar-refractivity contribution in [1.82, 2.24) is 24.6 Å². The largest absolute Gasteiger partial charge is 0.480 e. The molecule has 3 heterocycles. The van der Waals surface area contributed by atoms with Crippen LogP contribution in [-0.4, -0.2) is 73.3 Å². The molecular formula is C21H27FN7O7P. The van der Waals surface area contributed by atoms with Crippen molar-refractivity contribution >= 4 is 36.6 Å². The van der Waals surface area contributed by atoms with Crippen LogP contribution in [0.1, 0.15) is 20.1 Å². The number of benzene rings is 1. The summed E-state index contributed by atoms with van der Waals surface area (Å²) in [5.74, 6) is -0.934. The van der Waals surface area contributed by atoms with E-state index >= 15 is 4.39 Å². The van der Waals surface area contributed by atoms with Crippen molar-refractivity contribution in [2.75, 3.05) is 24.7 Å². The van der Waals surface area contributed by atoms with E-state index in [1.165, 1.54) is 30.0 Å². The smallest absolute Gasteiger partial charge is 0.459 e. The van der Waals surface area contributed by atoms with Crippen LogP contribution in [-0.2, 0) is 18.6 Å². The van der Waals surface area contributed by atoms with Gasteiger partial charge in [-0.25, -0.2) is 13.9 Å². The lowest BCUT2D eigenvalue weighted by atomic mass is 9.98. The molecule has 0 bridgehead atoms. The molecule has 14 nitrogen and oxygen atoms in total. The van der Waals surface area contributed by atoms with E-state index in [0.717, 1.165) is 6.92 Å². The Morgan fingerprint density at radius 1 is 1.38 bits per heavy atom. The molecule has 6 atom stereocenters. The predicted molar refractivity (Wildman–Crippen MR) is 130 cm³/mol. The molecule has 0 unspecified atom stereocenters. The second-order valence-corrected chi connectivity index (χ2v) is 10.2. The third-order valence-electron chi connectivity index (χ3n) is 5.74. The standard InChI is InChI=1S/C21H27FN7O7P/c1-11(18(31)32)28-37(33,36-12-7-5-4-6-8-12)34-9-13-15(30)21(2,22)19(35-13)29-10-25-14-16(24-3)26-20(23)27-17(14)29/h4-8,10-11,13,15,19,30H,9H2,1-3H3,(H,28,33)(H,31,32)(H3,23,24,26,27)/t11-,13+,15+,19+,21+,37-/m0/s1. The number of carbonyl (C=O) groups is 1. The van der Waals surface area contributed by atoms with Gasteiger partial charge >= 0.3 is 13.7 Å². The minimum Gasteiger partial charge on any atom is -0.480 e. The van der Waals surface area contributed by atoms with Crippen LogP contribution in [0.4, 0.5) is 16.2 Å². The van der Waals surface area contributed by atoms with Crippen molar-refractivity contribution in [1.29, 1.82) is 0 Å². The Kier molecular flexibility index (Phi) is 7.35. The minimum atomic E-state index is -4.32. The van der Waals surface area contributed by atoms with Gasteiger partial charge in [0.25, 0.3) is 0 Å². The number of halogens is 1. The monoisotopic (exact) mass is 539 g/mol. The molecule has 1 fully saturated rings. The summed E-state index contributed by atoms with van der Waals surface area (Å²) in [4.78, 5) is 23.7. The van der Waals surface area contributed by atoms with Crippen LogP contribution in [0, 0.1) is 0 Å². The number of nitrogens with zero attached hydrogens (tertiary/aromatic N) is 4. The van der Waals surface area contributed by atoms with E-state index in [4.69, 9.17) is 19.5 Å². The zero-order chi connectivity index (χ0) is 27.0. The first-order chi connectivity index (χ1) is 17.4. The maximum absolute atomic E-state index is 15.8. The second-order valence-electron chi connectivity index (χ2n) is 8.51. The normalized spacial score (nSPS) is 26.0. The molecule has 0 spiro atoms. The molecule has 0 amide bonds. The first-order valence-corrected chi connectivity index (χ1v) is 12.7. The average Bonchev–Trinajstić information content (AvgIpc) is 3.35. The fraction of sp³-hybridized carbons (Fsp3) is 0.429. The number of nitrogens with two attached hydrogens (primary N) is 1. The molecule has 0 aliphatic carbocycles. The molecule has 1 saturated heterocycles. The Morgan fingerprint density at radius 2 is 2.08 bits per heavy atom. The summed E-state index contributed by atoms with van der Waals surface area (Å²) >= 11 is 0. The number of ether oxygens (including phenoxy) is 1. The number of aliphatic hydroxyl groups excluding tert-OH is 1. The fourth-order valence-corrected chi connectivity index (χ4v) is 5.31. The van der Waals surface area contributed by atoms with Gasteiger partial charge in [-0.2, -0.15) is 15.1 Å². The van der Waals surface area contributed by atoms with Gasteiger partial charge in [-0.05, 0) is 26.0 Å². The minimum absolute atomic E-state index is 0.0878. The van der Waals surface area contributed by atoms with Crippen molar-refractivity contribution < 1.29 is 37.7 Å². The lowest BCUT2D eigenvalue weighted by molar-refractivity contribution is -0.138. The van der Waals surface area contributed by atoms with E-state index in [0.29, 0.717) is 11.3 Å². The van der Waals surface area contributed by atoms with Crippen LogP contribution in [0.2, 0.25) is 0 Å². The van der Waals surface area contributed by atoms with E-state index in [-0.39, 0.29) is 17.3 Å². The lowest BCUT2D eigenvalue weighted by Crippen LogP contribution is -2.41. The van der Waals surface area contributed by atoms with Crippen molar-refractivity contribution in [3.63, 3.8) is 0 Å². The number of aliphatic carboxylic acids is 1. The van der Waals surface area contributed by atoms with Crippen LogP contribution in [0.15, 0.2) is 36.7 Å². The SMILES string of the molecule is CNc1nc(N)nc2c1ncn2[C@@H]1O[C@H](CO[P@@](=O)(N[C@@H](C)C(=O)O)Oc2ccccc2)[C@@H](O)[C@@]1(C)F. The van der Waals surface area contributed by atoms with Crippen molar-refractivity contribution in [3.8, 4) is 5.75 Å². The number of aromatic nitrogens is 4. The highest BCUT2D eigenvalue weighted by atomic mass is 31.2. The van der Waals surface area contributed by atoms with Crippen molar-refractivity contribution in [3.05, 3.63) is 36.7 Å². The number of para-hydroxylation sites is 1. The van der Waals surface area contributed by atoms with E-state index < -0.39 is 50.5 Å². The summed E-state index contributed by atoms with van der Waals surface area (Å²) in [7, 11) is -2.71. The van der Waals surface area contributed by atoms with E-state index in [2.05, 4.69) is 25.4 Å². The highest BCUT2D eigenvalue weighted by molar-refractivity contribution is 7.52. The van der Waals surface area contributed by atoms with Crippen LogP contribution < -0.4 is 20.7 Å². The quantitative estimate of drug-likeness (QED) is 0.234. The zero-order valence-electron chi connectivity index (χ0n) is 20.1. The Bertz CT molecular complexity index is 1330. The van der Waals surface area contributed by atoms with E-state index in [9.17, 15) is 19.6 Å². The molecule has 1 aromatic carbocycles. The van der Waals surface area contributed by atoms with Gasteiger partial charge in [0, 0.05) is 7.05 Å². The average molecular weight is 539 g/mol.